The van der Waals surface area contributed by atoms with Gasteiger partial charge in [0.25, 0.3) is 0 Å². The molecule has 1 unspecified atom stereocenters. The lowest BCUT2D eigenvalue weighted by Gasteiger charge is -2.34. The second-order valence-electron chi connectivity index (χ2n) is 7.65. The van der Waals surface area contributed by atoms with E-state index in [1.807, 2.05) is 12.1 Å². The maximum absolute atomic E-state index is 6.43. The monoisotopic (exact) mass is 342 g/mol. The Kier molecular flexibility index (Phi) is 4.62. The van der Waals surface area contributed by atoms with Crippen LogP contribution in [0.5, 0.6) is 11.5 Å². The number of methoxy groups -OCH3 is 1. The standard InChI is InChI=1S/C21H27O2P/c1-14(2)20-23-18-13-9-11-16(19(18)24(20)21(3,4)5)15-10-7-8-12-17(15)22-6/h7-14,20H,1-6H3/t20-,24?/m0/s1. The summed E-state index contributed by atoms with van der Waals surface area (Å²) in [6.07, 6.45) is 0. The highest BCUT2D eigenvalue weighted by Gasteiger charge is 2.44. The molecule has 0 aromatic heterocycles. The first-order valence-electron chi connectivity index (χ1n) is 8.57. The van der Waals surface area contributed by atoms with Crippen molar-refractivity contribution in [2.24, 2.45) is 5.92 Å². The molecule has 0 radical (unpaired) electrons. The summed E-state index contributed by atoms with van der Waals surface area (Å²) in [6, 6.07) is 14.7. The first kappa shape index (κ1) is 17.3. The van der Waals surface area contributed by atoms with Gasteiger partial charge in [-0.3, -0.25) is 0 Å². The molecule has 0 aliphatic carbocycles. The maximum Gasteiger partial charge on any atom is 0.128 e. The molecular weight excluding hydrogens is 315 g/mol. The Morgan fingerprint density at radius 3 is 2.29 bits per heavy atom. The Morgan fingerprint density at radius 2 is 1.67 bits per heavy atom. The van der Waals surface area contributed by atoms with Gasteiger partial charge in [-0.25, -0.2) is 0 Å². The molecule has 0 bridgehead atoms. The van der Waals surface area contributed by atoms with Crippen molar-refractivity contribution in [3.05, 3.63) is 42.5 Å². The van der Waals surface area contributed by atoms with E-state index < -0.39 is 7.92 Å². The van der Waals surface area contributed by atoms with Crippen LogP contribution in [0.15, 0.2) is 42.5 Å². The van der Waals surface area contributed by atoms with E-state index in [-0.39, 0.29) is 11.0 Å². The quantitative estimate of drug-likeness (QED) is 0.672. The molecule has 2 aromatic rings. The molecule has 2 nitrogen and oxygen atoms in total. The molecule has 0 fully saturated rings. The molecular formula is C21H27O2P. The summed E-state index contributed by atoms with van der Waals surface area (Å²) in [7, 11) is 1.29. The van der Waals surface area contributed by atoms with Gasteiger partial charge in [-0.2, -0.15) is 0 Å². The average Bonchev–Trinajstić information content (AvgIpc) is 2.94. The zero-order valence-corrected chi connectivity index (χ0v) is 16.4. The Labute approximate surface area is 146 Å². The van der Waals surface area contributed by atoms with Gasteiger partial charge in [0, 0.05) is 10.9 Å². The summed E-state index contributed by atoms with van der Waals surface area (Å²) in [4.78, 5) is 0. The average molecular weight is 342 g/mol. The lowest BCUT2D eigenvalue weighted by atomic mass is 10.0. The molecule has 3 heteroatoms. The third kappa shape index (κ3) is 2.93. The van der Waals surface area contributed by atoms with Crippen LogP contribution < -0.4 is 14.8 Å². The van der Waals surface area contributed by atoms with Gasteiger partial charge in [0.15, 0.2) is 0 Å². The molecule has 1 aliphatic heterocycles. The highest BCUT2D eigenvalue weighted by molar-refractivity contribution is 7.68. The van der Waals surface area contributed by atoms with Crippen molar-refractivity contribution in [1.82, 2.24) is 0 Å². The molecule has 0 saturated heterocycles. The summed E-state index contributed by atoms with van der Waals surface area (Å²) in [5, 5.41) is 1.58. The summed E-state index contributed by atoms with van der Waals surface area (Å²) in [5.41, 5.74) is 2.41. The zero-order valence-electron chi connectivity index (χ0n) is 15.5. The third-order valence-electron chi connectivity index (χ3n) is 4.43. The summed E-state index contributed by atoms with van der Waals surface area (Å²) in [5.74, 6) is 2.74. The Balaban J connectivity index is 2.23. The molecule has 2 atom stereocenters. The van der Waals surface area contributed by atoms with Crippen LogP contribution in [0, 0.1) is 5.92 Å². The molecule has 1 heterocycles. The number of benzene rings is 2. The van der Waals surface area contributed by atoms with E-state index in [9.17, 15) is 0 Å². The lowest BCUT2D eigenvalue weighted by Crippen LogP contribution is -2.27. The minimum atomic E-state index is -0.444. The molecule has 24 heavy (non-hydrogen) atoms. The van der Waals surface area contributed by atoms with Crippen LogP contribution in [0.4, 0.5) is 0 Å². The second kappa shape index (κ2) is 6.41. The number of hydrogen-bond acceptors (Lipinski definition) is 2. The first-order chi connectivity index (χ1) is 11.3. The molecule has 1 aliphatic rings. The normalized spacial score (nSPS) is 20.0. The van der Waals surface area contributed by atoms with E-state index in [1.165, 1.54) is 10.9 Å². The number of para-hydroxylation sites is 1. The predicted molar refractivity (Wildman–Crippen MR) is 104 cm³/mol. The van der Waals surface area contributed by atoms with Crippen molar-refractivity contribution in [3.63, 3.8) is 0 Å². The molecule has 0 spiro atoms. The number of hydrogen-bond donors (Lipinski definition) is 0. The van der Waals surface area contributed by atoms with Crippen LogP contribution >= 0.6 is 7.92 Å². The molecule has 3 rings (SSSR count). The first-order valence-corrected chi connectivity index (χ1v) is 9.98. The molecule has 128 valence electrons. The summed E-state index contributed by atoms with van der Waals surface area (Å²) >= 11 is 0. The third-order valence-corrected chi connectivity index (χ3v) is 8.03. The van der Waals surface area contributed by atoms with E-state index in [1.54, 1.807) is 7.11 Å². The fraction of sp³-hybridized carbons (Fsp3) is 0.429. The van der Waals surface area contributed by atoms with E-state index in [2.05, 4.69) is 65.0 Å². The van der Waals surface area contributed by atoms with Gasteiger partial charge in [0.2, 0.25) is 0 Å². The largest absolute Gasteiger partial charge is 0.496 e. The van der Waals surface area contributed by atoms with Gasteiger partial charge in [-0.05, 0) is 36.7 Å². The van der Waals surface area contributed by atoms with Crippen LogP contribution in [0.25, 0.3) is 11.1 Å². The zero-order chi connectivity index (χ0) is 17.5. The van der Waals surface area contributed by atoms with Gasteiger partial charge in [-0.15, -0.1) is 0 Å². The van der Waals surface area contributed by atoms with E-state index in [0.717, 1.165) is 17.1 Å². The van der Waals surface area contributed by atoms with Crippen LogP contribution in [0.2, 0.25) is 0 Å². The topological polar surface area (TPSA) is 18.5 Å². The Hall–Kier alpha value is -1.53. The van der Waals surface area contributed by atoms with Crippen LogP contribution in [-0.2, 0) is 0 Å². The smallest absolute Gasteiger partial charge is 0.128 e. The fourth-order valence-corrected chi connectivity index (χ4v) is 6.73. The number of rotatable bonds is 3. The summed E-state index contributed by atoms with van der Waals surface area (Å²) < 4.78 is 12.1. The SMILES string of the molecule is COc1ccccc1-c1cccc2c1P(C(C)(C)C)[C@@H](C(C)C)O2. The van der Waals surface area contributed by atoms with E-state index in [0.29, 0.717) is 5.92 Å². The highest BCUT2D eigenvalue weighted by atomic mass is 31.1. The summed E-state index contributed by atoms with van der Waals surface area (Å²) in [6.45, 7) is 11.5. The van der Waals surface area contributed by atoms with Gasteiger partial charge in [0.1, 0.15) is 17.3 Å². The molecule has 0 N–H and O–H groups in total. The van der Waals surface area contributed by atoms with Crippen molar-refractivity contribution < 1.29 is 9.47 Å². The van der Waals surface area contributed by atoms with E-state index >= 15 is 0 Å². The van der Waals surface area contributed by atoms with Gasteiger partial charge >= 0.3 is 0 Å². The molecule has 2 aromatic carbocycles. The van der Waals surface area contributed by atoms with Crippen molar-refractivity contribution in [2.75, 3.05) is 7.11 Å². The van der Waals surface area contributed by atoms with Crippen molar-refractivity contribution >= 4 is 13.2 Å². The Bertz CT molecular complexity index is 731. The minimum absolute atomic E-state index is 0.188. The fourth-order valence-electron chi connectivity index (χ4n) is 3.41. The molecule has 0 saturated carbocycles. The lowest BCUT2D eigenvalue weighted by molar-refractivity contribution is 0.240. The van der Waals surface area contributed by atoms with Crippen LogP contribution in [0.3, 0.4) is 0 Å². The highest BCUT2D eigenvalue weighted by Crippen LogP contribution is 2.61. The van der Waals surface area contributed by atoms with Gasteiger partial charge in [0.05, 0.1) is 7.11 Å². The maximum atomic E-state index is 6.43. The van der Waals surface area contributed by atoms with Crippen LogP contribution in [-0.4, -0.2) is 18.1 Å². The second-order valence-corrected chi connectivity index (χ2v) is 10.7. The number of fused-ring (bicyclic) bond motifs is 1. The van der Waals surface area contributed by atoms with Crippen LogP contribution in [0.1, 0.15) is 34.6 Å². The predicted octanol–water partition coefficient (Wildman–Crippen LogP) is 5.64. The van der Waals surface area contributed by atoms with E-state index in [4.69, 9.17) is 9.47 Å². The van der Waals surface area contributed by atoms with Gasteiger partial charge in [-0.1, -0.05) is 65.0 Å². The minimum Gasteiger partial charge on any atom is -0.496 e. The van der Waals surface area contributed by atoms with Crippen molar-refractivity contribution in [1.29, 1.82) is 0 Å². The van der Waals surface area contributed by atoms with Crippen molar-refractivity contribution in [3.8, 4) is 22.6 Å². The van der Waals surface area contributed by atoms with Crippen molar-refractivity contribution in [2.45, 2.75) is 45.6 Å². The molecule has 0 amide bonds. The van der Waals surface area contributed by atoms with Gasteiger partial charge < -0.3 is 9.47 Å². The number of ether oxygens (including phenoxy) is 2. The Morgan fingerprint density at radius 1 is 1.00 bits per heavy atom.